The van der Waals surface area contributed by atoms with Crippen molar-refractivity contribution in [1.29, 1.82) is 0 Å². The lowest BCUT2D eigenvalue weighted by Crippen LogP contribution is -2.42. The molecule has 1 aliphatic rings. The molecule has 0 N–H and O–H groups in total. The standard InChI is InChI=1S/C13H25NO/c1-10(2)14-8-6-11(7-9-14)12(15)13(3,4)5/h10-11H,6-9H2,1-5H3. The third-order valence-corrected chi connectivity index (χ3v) is 3.37. The molecule has 0 aromatic rings. The lowest BCUT2D eigenvalue weighted by atomic mass is 9.79. The van der Waals surface area contributed by atoms with Crippen molar-refractivity contribution in [2.24, 2.45) is 11.3 Å². The first kappa shape index (κ1) is 12.7. The first-order valence-corrected chi connectivity index (χ1v) is 6.10. The van der Waals surface area contributed by atoms with Crippen molar-refractivity contribution in [2.45, 2.75) is 53.5 Å². The molecule has 0 atom stereocenters. The summed E-state index contributed by atoms with van der Waals surface area (Å²) in [7, 11) is 0. The molecule has 1 saturated heterocycles. The van der Waals surface area contributed by atoms with E-state index in [0.717, 1.165) is 25.9 Å². The van der Waals surface area contributed by atoms with Gasteiger partial charge in [-0.05, 0) is 39.8 Å². The second-order valence-corrected chi connectivity index (χ2v) is 6.02. The quantitative estimate of drug-likeness (QED) is 0.700. The van der Waals surface area contributed by atoms with Crippen molar-refractivity contribution in [3.05, 3.63) is 0 Å². The fourth-order valence-electron chi connectivity index (χ4n) is 2.29. The third kappa shape index (κ3) is 3.30. The molecule has 0 aromatic carbocycles. The summed E-state index contributed by atoms with van der Waals surface area (Å²) >= 11 is 0. The summed E-state index contributed by atoms with van der Waals surface area (Å²) in [6.07, 6.45) is 2.10. The minimum absolute atomic E-state index is 0.162. The Bertz CT molecular complexity index is 219. The van der Waals surface area contributed by atoms with E-state index in [1.807, 2.05) is 20.8 Å². The molecule has 0 unspecified atom stereocenters. The fourth-order valence-corrected chi connectivity index (χ4v) is 2.29. The van der Waals surface area contributed by atoms with Crippen LogP contribution in [-0.2, 0) is 4.79 Å². The molecule has 0 radical (unpaired) electrons. The van der Waals surface area contributed by atoms with Gasteiger partial charge in [0.25, 0.3) is 0 Å². The van der Waals surface area contributed by atoms with Gasteiger partial charge in [-0.2, -0.15) is 0 Å². The summed E-state index contributed by atoms with van der Waals surface area (Å²) in [5.74, 6) is 0.755. The Balaban J connectivity index is 2.48. The van der Waals surface area contributed by atoms with Gasteiger partial charge in [-0.15, -0.1) is 0 Å². The maximum Gasteiger partial charge on any atom is 0.141 e. The minimum Gasteiger partial charge on any atom is -0.301 e. The van der Waals surface area contributed by atoms with Gasteiger partial charge in [0, 0.05) is 17.4 Å². The van der Waals surface area contributed by atoms with E-state index in [1.54, 1.807) is 0 Å². The number of rotatable bonds is 2. The van der Waals surface area contributed by atoms with Crippen LogP contribution in [0.15, 0.2) is 0 Å². The zero-order valence-corrected chi connectivity index (χ0v) is 10.8. The van der Waals surface area contributed by atoms with Crippen LogP contribution in [0.2, 0.25) is 0 Å². The highest BCUT2D eigenvalue weighted by atomic mass is 16.1. The molecule has 0 spiro atoms. The molecule has 1 aliphatic heterocycles. The number of ketones is 1. The average molecular weight is 211 g/mol. The summed E-state index contributed by atoms with van der Waals surface area (Å²) < 4.78 is 0. The van der Waals surface area contributed by atoms with Crippen molar-refractivity contribution < 1.29 is 4.79 Å². The minimum atomic E-state index is -0.162. The highest BCUT2D eigenvalue weighted by Gasteiger charge is 2.32. The number of piperidine rings is 1. The Labute approximate surface area is 94.0 Å². The van der Waals surface area contributed by atoms with Crippen LogP contribution in [0.5, 0.6) is 0 Å². The van der Waals surface area contributed by atoms with E-state index in [0.29, 0.717) is 17.7 Å². The molecule has 1 fully saturated rings. The summed E-state index contributed by atoms with van der Waals surface area (Å²) in [5, 5.41) is 0. The predicted octanol–water partition coefficient (Wildman–Crippen LogP) is 2.72. The third-order valence-electron chi connectivity index (χ3n) is 3.37. The van der Waals surface area contributed by atoms with Crippen LogP contribution in [0.4, 0.5) is 0 Å². The first-order valence-electron chi connectivity index (χ1n) is 6.10. The second-order valence-electron chi connectivity index (χ2n) is 6.02. The molecule has 2 heteroatoms. The number of carbonyl (C=O) groups is 1. The second kappa shape index (κ2) is 4.65. The molecule has 0 amide bonds. The molecule has 15 heavy (non-hydrogen) atoms. The number of Topliss-reactive ketones (excluding diaryl/α,β-unsaturated/α-hetero) is 1. The van der Waals surface area contributed by atoms with Crippen LogP contribution in [0.3, 0.4) is 0 Å². The van der Waals surface area contributed by atoms with Crippen LogP contribution >= 0.6 is 0 Å². The molecule has 88 valence electrons. The lowest BCUT2D eigenvalue weighted by molar-refractivity contribution is -0.132. The van der Waals surface area contributed by atoms with Gasteiger partial charge in [0.15, 0.2) is 0 Å². The van der Waals surface area contributed by atoms with Crippen LogP contribution in [0.1, 0.15) is 47.5 Å². The summed E-state index contributed by atoms with van der Waals surface area (Å²) in [6.45, 7) is 12.7. The van der Waals surface area contributed by atoms with Crippen molar-refractivity contribution in [3.8, 4) is 0 Å². The van der Waals surface area contributed by atoms with Gasteiger partial charge in [-0.25, -0.2) is 0 Å². The number of carbonyl (C=O) groups excluding carboxylic acids is 1. The Kier molecular flexibility index (Phi) is 3.93. The molecule has 0 bridgehead atoms. The van der Waals surface area contributed by atoms with Crippen molar-refractivity contribution in [2.75, 3.05) is 13.1 Å². The van der Waals surface area contributed by atoms with Crippen molar-refractivity contribution >= 4 is 5.78 Å². The zero-order chi connectivity index (χ0) is 11.6. The van der Waals surface area contributed by atoms with Gasteiger partial charge in [0.2, 0.25) is 0 Å². The normalized spacial score (nSPS) is 20.9. The highest BCUT2D eigenvalue weighted by Crippen LogP contribution is 2.27. The van der Waals surface area contributed by atoms with Gasteiger partial charge in [0.05, 0.1) is 0 Å². The molecule has 1 heterocycles. The van der Waals surface area contributed by atoms with Gasteiger partial charge in [0.1, 0.15) is 5.78 Å². The molecule has 0 saturated carbocycles. The van der Waals surface area contributed by atoms with E-state index in [-0.39, 0.29) is 5.41 Å². The fraction of sp³-hybridized carbons (Fsp3) is 0.923. The van der Waals surface area contributed by atoms with E-state index in [4.69, 9.17) is 0 Å². The molecule has 1 rings (SSSR count). The number of hydrogen-bond donors (Lipinski definition) is 0. The van der Waals surface area contributed by atoms with E-state index >= 15 is 0 Å². The first-order chi connectivity index (χ1) is 6.82. The topological polar surface area (TPSA) is 20.3 Å². The van der Waals surface area contributed by atoms with Crippen LogP contribution in [-0.4, -0.2) is 29.8 Å². The van der Waals surface area contributed by atoms with Crippen molar-refractivity contribution in [1.82, 2.24) is 4.90 Å². The van der Waals surface area contributed by atoms with Gasteiger partial charge >= 0.3 is 0 Å². The van der Waals surface area contributed by atoms with Crippen LogP contribution < -0.4 is 0 Å². The zero-order valence-electron chi connectivity index (χ0n) is 10.8. The Morgan fingerprint density at radius 2 is 1.67 bits per heavy atom. The lowest BCUT2D eigenvalue weighted by Gasteiger charge is -2.36. The van der Waals surface area contributed by atoms with Gasteiger partial charge in [-0.1, -0.05) is 20.8 Å². The molecular formula is C13H25NO. The molecule has 2 nitrogen and oxygen atoms in total. The van der Waals surface area contributed by atoms with Gasteiger partial charge < -0.3 is 4.90 Å². The van der Waals surface area contributed by atoms with E-state index in [2.05, 4.69) is 18.7 Å². The largest absolute Gasteiger partial charge is 0.301 e. The highest BCUT2D eigenvalue weighted by molar-refractivity contribution is 5.86. The monoisotopic (exact) mass is 211 g/mol. The predicted molar refractivity (Wildman–Crippen MR) is 63.9 cm³/mol. The molecule has 0 aliphatic carbocycles. The van der Waals surface area contributed by atoms with Crippen molar-refractivity contribution in [3.63, 3.8) is 0 Å². The number of nitrogens with zero attached hydrogens (tertiary/aromatic N) is 1. The summed E-state index contributed by atoms with van der Waals surface area (Å²) in [4.78, 5) is 14.5. The maximum atomic E-state index is 12.1. The van der Waals surface area contributed by atoms with Gasteiger partial charge in [-0.3, -0.25) is 4.79 Å². The Hall–Kier alpha value is -0.370. The average Bonchev–Trinajstić information content (AvgIpc) is 2.15. The van der Waals surface area contributed by atoms with Crippen LogP contribution in [0, 0.1) is 11.3 Å². The Morgan fingerprint density at radius 1 is 1.20 bits per heavy atom. The number of likely N-dealkylation sites (tertiary alicyclic amines) is 1. The maximum absolute atomic E-state index is 12.1. The SMILES string of the molecule is CC(C)N1CCC(C(=O)C(C)(C)C)CC1. The molecular weight excluding hydrogens is 186 g/mol. The van der Waals surface area contributed by atoms with E-state index < -0.39 is 0 Å². The molecule has 0 aromatic heterocycles. The smallest absolute Gasteiger partial charge is 0.141 e. The number of hydrogen-bond acceptors (Lipinski definition) is 2. The summed E-state index contributed by atoms with van der Waals surface area (Å²) in [6, 6.07) is 0.621. The van der Waals surface area contributed by atoms with E-state index in [1.165, 1.54) is 0 Å². The summed E-state index contributed by atoms with van der Waals surface area (Å²) in [5.41, 5.74) is -0.162. The van der Waals surface area contributed by atoms with Crippen LogP contribution in [0.25, 0.3) is 0 Å². The Morgan fingerprint density at radius 3 is 2.00 bits per heavy atom. The van der Waals surface area contributed by atoms with E-state index in [9.17, 15) is 4.79 Å².